The van der Waals surface area contributed by atoms with Crippen molar-refractivity contribution in [3.8, 4) is 11.5 Å². The van der Waals surface area contributed by atoms with Crippen molar-refractivity contribution in [2.75, 3.05) is 17.8 Å². The van der Waals surface area contributed by atoms with Gasteiger partial charge in [0.15, 0.2) is 11.6 Å². The SMILES string of the molecule is Cc1c(Oc2c(F)ccc(NS(=O)(=O)N3CCC(OC(F)F)C3)c2Cl)ccc2ncn(C)c(=O)c12. The third-order valence-corrected chi connectivity index (χ3v) is 7.41. The number of aryl methyl sites for hydroxylation is 2. The molecule has 0 aliphatic carbocycles. The van der Waals surface area contributed by atoms with Gasteiger partial charge < -0.3 is 14.0 Å². The van der Waals surface area contributed by atoms with Gasteiger partial charge in [0.1, 0.15) is 10.8 Å². The molecule has 0 saturated carbocycles. The van der Waals surface area contributed by atoms with Gasteiger partial charge >= 0.3 is 16.8 Å². The second-order valence-electron chi connectivity index (χ2n) is 7.86. The van der Waals surface area contributed by atoms with Gasteiger partial charge in [0.2, 0.25) is 0 Å². The van der Waals surface area contributed by atoms with Crippen LogP contribution in [0.15, 0.2) is 35.4 Å². The Balaban J connectivity index is 1.62. The molecule has 1 N–H and O–H groups in total. The monoisotopic (exact) mass is 532 g/mol. The first-order chi connectivity index (χ1) is 16.5. The Morgan fingerprint density at radius 2 is 2.00 bits per heavy atom. The number of fused-ring (bicyclic) bond motifs is 1. The molecule has 188 valence electrons. The van der Waals surface area contributed by atoms with E-state index in [9.17, 15) is 26.4 Å². The second-order valence-corrected chi connectivity index (χ2v) is 9.90. The van der Waals surface area contributed by atoms with Crippen LogP contribution < -0.4 is 15.0 Å². The quantitative estimate of drug-likeness (QED) is 0.496. The molecule has 4 rings (SSSR count). The van der Waals surface area contributed by atoms with Gasteiger partial charge in [-0.05, 0) is 37.6 Å². The lowest BCUT2D eigenvalue weighted by molar-refractivity contribution is -0.157. The highest BCUT2D eigenvalue weighted by atomic mass is 35.5. The van der Waals surface area contributed by atoms with E-state index in [0.717, 1.165) is 16.4 Å². The van der Waals surface area contributed by atoms with Crippen LogP contribution in [0.1, 0.15) is 12.0 Å². The molecule has 1 aliphatic heterocycles. The van der Waals surface area contributed by atoms with Crippen molar-refractivity contribution in [3.05, 3.63) is 57.3 Å². The van der Waals surface area contributed by atoms with Gasteiger partial charge in [0, 0.05) is 25.7 Å². The van der Waals surface area contributed by atoms with Crippen molar-refractivity contribution < 1.29 is 31.1 Å². The Labute approximate surface area is 203 Å². The number of hydrogen-bond acceptors (Lipinski definition) is 6. The lowest BCUT2D eigenvalue weighted by Crippen LogP contribution is -2.35. The normalized spacial score (nSPS) is 16.8. The molecule has 0 radical (unpaired) electrons. The van der Waals surface area contributed by atoms with E-state index in [2.05, 4.69) is 14.4 Å². The molecule has 0 spiro atoms. The molecular formula is C21H20ClF3N4O5S. The van der Waals surface area contributed by atoms with Gasteiger partial charge in [-0.1, -0.05) is 11.6 Å². The summed E-state index contributed by atoms with van der Waals surface area (Å²) < 4.78 is 79.5. The number of anilines is 1. The minimum Gasteiger partial charge on any atom is -0.452 e. The van der Waals surface area contributed by atoms with Crippen LogP contribution in [0.3, 0.4) is 0 Å². The number of aromatic nitrogens is 2. The zero-order chi connectivity index (χ0) is 25.5. The van der Waals surface area contributed by atoms with Crippen LogP contribution in [0, 0.1) is 12.7 Å². The van der Waals surface area contributed by atoms with Gasteiger partial charge in [-0.25, -0.2) is 9.37 Å². The van der Waals surface area contributed by atoms with Crippen LogP contribution in [0.2, 0.25) is 5.02 Å². The standard InChI is InChI=1S/C21H20ClF3N4O5S/c1-11-16(6-5-14-17(11)20(30)28(2)10-26-14)34-19-13(23)3-4-15(18(19)22)27-35(31,32)29-8-7-12(9-29)33-21(24)25/h3-6,10,12,21,27H,7-9H2,1-2H3. The Morgan fingerprint density at radius 1 is 1.26 bits per heavy atom. The molecule has 2 heterocycles. The first kappa shape index (κ1) is 25.2. The number of alkyl halides is 2. The summed E-state index contributed by atoms with van der Waals surface area (Å²) in [7, 11) is -2.67. The highest BCUT2D eigenvalue weighted by Crippen LogP contribution is 2.39. The largest absolute Gasteiger partial charge is 0.452 e. The molecule has 9 nitrogen and oxygen atoms in total. The molecule has 1 saturated heterocycles. The highest BCUT2D eigenvalue weighted by molar-refractivity contribution is 7.90. The number of halogens is 4. The lowest BCUT2D eigenvalue weighted by Gasteiger charge is -2.19. The zero-order valence-corrected chi connectivity index (χ0v) is 20.0. The molecule has 1 fully saturated rings. The van der Waals surface area contributed by atoms with Crippen LogP contribution in [0.5, 0.6) is 11.5 Å². The van der Waals surface area contributed by atoms with Crippen molar-refractivity contribution in [1.82, 2.24) is 13.9 Å². The maximum absolute atomic E-state index is 14.6. The number of benzene rings is 2. The first-order valence-corrected chi connectivity index (χ1v) is 12.1. The summed E-state index contributed by atoms with van der Waals surface area (Å²) in [5.41, 5.74) is 0.300. The molecule has 3 aromatic rings. The maximum Gasteiger partial charge on any atom is 0.345 e. The number of rotatable bonds is 7. The predicted molar refractivity (Wildman–Crippen MR) is 123 cm³/mol. The fraction of sp³-hybridized carbons (Fsp3) is 0.333. The van der Waals surface area contributed by atoms with E-state index in [1.165, 1.54) is 30.1 Å². The first-order valence-electron chi connectivity index (χ1n) is 10.3. The van der Waals surface area contributed by atoms with E-state index in [-0.39, 0.29) is 46.9 Å². The molecule has 0 amide bonds. The number of ether oxygens (including phenoxy) is 2. The molecule has 0 bridgehead atoms. The summed E-state index contributed by atoms with van der Waals surface area (Å²) >= 11 is 6.29. The molecule has 2 aromatic carbocycles. The third-order valence-electron chi connectivity index (χ3n) is 5.54. The summed E-state index contributed by atoms with van der Waals surface area (Å²) in [5, 5.41) is -0.0952. The van der Waals surface area contributed by atoms with Crippen molar-refractivity contribution >= 4 is 38.4 Å². The average Bonchev–Trinajstić information content (AvgIpc) is 3.26. The molecular weight excluding hydrogens is 513 g/mol. The number of nitrogens with zero attached hydrogens (tertiary/aromatic N) is 3. The fourth-order valence-electron chi connectivity index (χ4n) is 3.73. The van der Waals surface area contributed by atoms with Crippen LogP contribution in [-0.2, 0) is 22.0 Å². The molecule has 1 unspecified atom stereocenters. The van der Waals surface area contributed by atoms with Gasteiger partial charge in [-0.15, -0.1) is 0 Å². The summed E-state index contributed by atoms with van der Waals surface area (Å²) in [5.74, 6) is -1.21. The Morgan fingerprint density at radius 3 is 2.71 bits per heavy atom. The summed E-state index contributed by atoms with van der Waals surface area (Å²) in [6, 6.07) is 5.09. The lowest BCUT2D eigenvalue weighted by atomic mass is 10.1. The Bertz CT molecular complexity index is 1450. The molecule has 35 heavy (non-hydrogen) atoms. The minimum atomic E-state index is -4.21. The second kappa shape index (κ2) is 9.64. The minimum absolute atomic E-state index is 0.0475. The predicted octanol–water partition coefficient (Wildman–Crippen LogP) is 3.80. The smallest absolute Gasteiger partial charge is 0.345 e. The van der Waals surface area contributed by atoms with Crippen molar-refractivity contribution in [2.45, 2.75) is 26.1 Å². The summed E-state index contributed by atoms with van der Waals surface area (Å²) in [6.07, 6.45) is 0.512. The molecule has 1 aromatic heterocycles. The van der Waals surface area contributed by atoms with E-state index in [1.54, 1.807) is 6.92 Å². The fourth-order valence-corrected chi connectivity index (χ4v) is 5.32. The van der Waals surface area contributed by atoms with Gasteiger partial charge in [-0.3, -0.25) is 9.52 Å². The van der Waals surface area contributed by atoms with Crippen LogP contribution in [0.4, 0.5) is 18.9 Å². The van der Waals surface area contributed by atoms with Crippen molar-refractivity contribution in [3.63, 3.8) is 0 Å². The van der Waals surface area contributed by atoms with E-state index in [4.69, 9.17) is 16.3 Å². The highest BCUT2D eigenvalue weighted by Gasteiger charge is 2.34. The topological polar surface area (TPSA) is 103 Å². The summed E-state index contributed by atoms with van der Waals surface area (Å²) in [6.45, 7) is -1.74. The van der Waals surface area contributed by atoms with Crippen LogP contribution in [-0.4, -0.2) is 48.1 Å². The molecule has 14 heteroatoms. The maximum atomic E-state index is 14.6. The number of nitrogens with one attached hydrogen (secondary N) is 1. The van der Waals surface area contributed by atoms with Gasteiger partial charge in [-0.2, -0.15) is 21.5 Å². The van der Waals surface area contributed by atoms with Crippen LogP contribution in [0.25, 0.3) is 10.9 Å². The van der Waals surface area contributed by atoms with Crippen LogP contribution >= 0.6 is 11.6 Å². The third kappa shape index (κ3) is 5.08. The average molecular weight is 533 g/mol. The van der Waals surface area contributed by atoms with E-state index in [0.29, 0.717) is 11.1 Å². The van der Waals surface area contributed by atoms with Crippen molar-refractivity contribution in [2.24, 2.45) is 7.05 Å². The summed E-state index contributed by atoms with van der Waals surface area (Å²) in [4.78, 5) is 16.7. The molecule has 1 aliphatic rings. The van der Waals surface area contributed by atoms with Crippen molar-refractivity contribution in [1.29, 1.82) is 0 Å². The van der Waals surface area contributed by atoms with Gasteiger partial charge in [0.05, 0.1) is 29.0 Å². The van der Waals surface area contributed by atoms with E-state index in [1.807, 2.05) is 0 Å². The van der Waals surface area contributed by atoms with E-state index >= 15 is 0 Å². The van der Waals surface area contributed by atoms with Gasteiger partial charge in [0.25, 0.3) is 5.56 Å². The van der Waals surface area contributed by atoms with E-state index < -0.39 is 34.5 Å². The Hall–Kier alpha value is -2.87. The Kier molecular flexibility index (Phi) is 6.95. The molecule has 1 atom stereocenters. The zero-order valence-electron chi connectivity index (χ0n) is 18.5. The number of hydrogen-bond donors (Lipinski definition) is 1.